The fourth-order valence-corrected chi connectivity index (χ4v) is 1.30. The van der Waals surface area contributed by atoms with Crippen molar-refractivity contribution >= 4 is 17.9 Å². The summed E-state index contributed by atoms with van der Waals surface area (Å²) in [7, 11) is 0. The normalized spacial score (nSPS) is 12.4. The summed E-state index contributed by atoms with van der Waals surface area (Å²) in [5, 5.41) is 8.49. The Morgan fingerprint density at radius 1 is 1.15 bits per heavy atom. The minimum absolute atomic E-state index is 0.0971. The van der Waals surface area contributed by atoms with E-state index in [9.17, 15) is 14.4 Å². The number of rotatable bonds is 5. The van der Waals surface area contributed by atoms with Crippen molar-refractivity contribution in [2.45, 2.75) is 20.1 Å². The summed E-state index contributed by atoms with van der Waals surface area (Å²) in [5.74, 6) is -2.75. The third-order valence-electron chi connectivity index (χ3n) is 2.22. The van der Waals surface area contributed by atoms with Crippen molar-refractivity contribution in [2.24, 2.45) is 0 Å². The molecule has 0 amide bonds. The predicted octanol–water partition coefficient (Wildman–Crippen LogP) is 1.76. The molecule has 0 spiro atoms. The molecule has 6 heteroatoms. The van der Waals surface area contributed by atoms with Gasteiger partial charge in [-0.05, 0) is 19.1 Å². The standard InChI is InChI=1S/C14H14O6/c1-9(8-12(15)16)13(17)19-10(2)20-14(18)11-6-4-3-5-7-11/h3-8,10H,1-2H3,(H,15,16). The van der Waals surface area contributed by atoms with Crippen molar-refractivity contribution < 1.29 is 29.0 Å². The smallest absolute Gasteiger partial charge is 0.341 e. The quantitative estimate of drug-likeness (QED) is 0.501. The highest BCUT2D eigenvalue weighted by Gasteiger charge is 2.16. The Morgan fingerprint density at radius 3 is 2.30 bits per heavy atom. The molecule has 0 radical (unpaired) electrons. The molecule has 106 valence electrons. The van der Waals surface area contributed by atoms with Gasteiger partial charge in [0.05, 0.1) is 5.56 Å². The van der Waals surface area contributed by atoms with Crippen molar-refractivity contribution in [1.82, 2.24) is 0 Å². The summed E-state index contributed by atoms with van der Waals surface area (Å²) in [4.78, 5) is 33.5. The van der Waals surface area contributed by atoms with Crippen LogP contribution in [-0.4, -0.2) is 29.3 Å². The number of benzene rings is 1. The summed E-state index contributed by atoms with van der Waals surface area (Å²) in [6, 6.07) is 8.22. The van der Waals surface area contributed by atoms with Gasteiger partial charge in [-0.3, -0.25) is 0 Å². The minimum atomic E-state index is -1.26. The fourth-order valence-electron chi connectivity index (χ4n) is 1.30. The number of aliphatic carboxylic acids is 1. The van der Waals surface area contributed by atoms with E-state index in [0.29, 0.717) is 11.6 Å². The molecule has 0 aliphatic heterocycles. The van der Waals surface area contributed by atoms with Gasteiger partial charge in [0, 0.05) is 18.6 Å². The second-order valence-electron chi connectivity index (χ2n) is 3.91. The maximum Gasteiger partial charge on any atom is 0.341 e. The zero-order valence-corrected chi connectivity index (χ0v) is 11.0. The molecule has 1 atom stereocenters. The molecule has 0 bridgehead atoms. The SMILES string of the molecule is CC(=CC(=O)O)C(=O)OC(C)OC(=O)c1ccccc1. The third kappa shape index (κ3) is 4.93. The molecular weight excluding hydrogens is 264 g/mol. The highest BCUT2D eigenvalue weighted by atomic mass is 16.7. The molecule has 0 aromatic heterocycles. The van der Waals surface area contributed by atoms with Gasteiger partial charge >= 0.3 is 17.9 Å². The first-order chi connectivity index (χ1) is 9.40. The van der Waals surface area contributed by atoms with Gasteiger partial charge in [0.1, 0.15) is 0 Å². The van der Waals surface area contributed by atoms with Gasteiger partial charge in [0.25, 0.3) is 0 Å². The Kier molecular flexibility index (Phi) is 5.46. The molecule has 0 heterocycles. The average Bonchev–Trinajstić information content (AvgIpc) is 2.38. The van der Waals surface area contributed by atoms with Crippen LogP contribution in [0.1, 0.15) is 24.2 Å². The molecule has 0 saturated carbocycles. The number of carboxylic acids is 1. The monoisotopic (exact) mass is 278 g/mol. The molecule has 0 aliphatic rings. The summed E-state index contributed by atoms with van der Waals surface area (Å²) in [5.41, 5.74) is 0.230. The van der Waals surface area contributed by atoms with E-state index in [4.69, 9.17) is 14.6 Å². The second-order valence-corrected chi connectivity index (χ2v) is 3.91. The van der Waals surface area contributed by atoms with Crippen LogP contribution in [0.5, 0.6) is 0 Å². The largest absolute Gasteiger partial charge is 0.478 e. The molecule has 0 fully saturated rings. The van der Waals surface area contributed by atoms with Gasteiger partial charge in [0.15, 0.2) is 0 Å². The highest BCUT2D eigenvalue weighted by molar-refractivity contribution is 5.95. The maximum absolute atomic E-state index is 11.7. The van der Waals surface area contributed by atoms with Crippen LogP contribution in [0.25, 0.3) is 0 Å². The molecule has 0 saturated heterocycles. The van der Waals surface area contributed by atoms with Crippen molar-refractivity contribution in [3.8, 4) is 0 Å². The maximum atomic E-state index is 11.7. The summed E-state index contributed by atoms with van der Waals surface area (Å²) in [6.07, 6.45) is -0.402. The Bertz CT molecular complexity index is 532. The number of esters is 2. The van der Waals surface area contributed by atoms with Gasteiger partial charge < -0.3 is 14.6 Å². The first kappa shape index (κ1) is 15.4. The van der Waals surface area contributed by atoms with E-state index in [0.717, 1.165) is 0 Å². The average molecular weight is 278 g/mol. The van der Waals surface area contributed by atoms with Gasteiger partial charge in [-0.25, -0.2) is 14.4 Å². The van der Waals surface area contributed by atoms with E-state index in [-0.39, 0.29) is 5.57 Å². The van der Waals surface area contributed by atoms with E-state index in [1.165, 1.54) is 13.8 Å². The first-order valence-corrected chi connectivity index (χ1v) is 5.78. The Labute approximate surface area is 115 Å². The van der Waals surface area contributed by atoms with Crippen molar-refractivity contribution in [3.63, 3.8) is 0 Å². The van der Waals surface area contributed by atoms with Crippen molar-refractivity contribution in [1.29, 1.82) is 0 Å². The Hall–Kier alpha value is -2.63. The summed E-state index contributed by atoms with van der Waals surface area (Å²) < 4.78 is 9.70. The first-order valence-electron chi connectivity index (χ1n) is 5.78. The number of carbonyl (C=O) groups excluding carboxylic acids is 2. The minimum Gasteiger partial charge on any atom is -0.478 e. The van der Waals surface area contributed by atoms with Crippen LogP contribution in [-0.2, 0) is 19.1 Å². The van der Waals surface area contributed by atoms with Crippen LogP contribution in [0.3, 0.4) is 0 Å². The second kappa shape index (κ2) is 7.08. The molecule has 1 N–H and O–H groups in total. The van der Waals surface area contributed by atoms with Crippen LogP contribution in [0.2, 0.25) is 0 Å². The molecule has 1 unspecified atom stereocenters. The van der Waals surface area contributed by atoms with Crippen LogP contribution in [0.15, 0.2) is 42.0 Å². The summed E-state index contributed by atoms with van der Waals surface area (Å²) >= 11 is 0. The number of hydrogen-bond donors (Lipinski definition) is 1. The highest BCUT2D eigenvalue weighted by Crippen LogP contribution is 2.07. The van der Waals surface area contributed by atoms with Gasteiger partial charge in [-0.2, -0.15) is 0 Å². The molecule has 1 aromatic rings. The molecule has 0 aliphatic carbocycles. The van der Waals surface area contributed by atoms with Crippen molar-refractivity contribution in [2.75, 3.05) is 0 Å². The van der Waals surface area contributed by atoms with Crippen molar-refractivity contribution in [3.05, 3.63) is 47.5 Å². The van der Waals surface area contributed by atoms with Gasteiger partial charge in [0.2, 0.25) is 6.29 Å². The van der Waals surface area contributed by atoms with E-state index in [1.54, 1.807) is 30.3 Å². The Morgan fingerprint density at radius 2 is 1.75 bits per heavy atom. The third-order valence-corrected chi connectivity index (χ3v) is 2.22. The number of carbonyl (C=O) groups is 3. The Balaban J connectivity index is 2.56. The lowest BCUT2D eigenvalue weighted by Crippen LogP contribution is -2.22. The molecule has 20 heavy (non-hydrogen) atoms. The number of carboxylic acid groups (broad SMARTS) is 1. The summed E-state index contributed by atoms with van der Waals surface area (Å²) in [6.45, 7) is 2.66. The molecule has 1 aromatic carbocycles. The van der Waals surface area contributed by atoms with E-state index < -0.39 is 24.2 Å². The lowest BCUT2D eigenvalue weighted by atomic mass is 10.2. The zero-order chi connectivity index (χ0) is 15.1. The molecular formula is C14H14O6. The lowest BCUT2D eigenvalue weighted by molar-refractivity contribution is -0.160. The van der Waals surface area contributed by atoms with Crippen LogP contribution in [0.4, 0.5) is 0 Å². The van der Waals surface area contributed by atoms with Crippen LogP contribution >= 0.6 is 0 Å². The number of hydrogen-bond acceptors (Lipinski definition) is 5. The fraction of sp³-hybridized carbons (Fsp3) is 0.214. The van der Waals surface area contributed by atoms with Gasteiger partial charge in [-0.1, -0.05) is 18.2 Å². The molecule has 6 nitrogen and oxygen atoms in total. The van der Waals surface area contributed by atoms with E-state index in [2.05, 4.69) is 0 Å². The number of ether oxygens (including phenoxy) is 2. The van der Waals surface area contributed by atoms with Crippen LogP contribution in [0, 0.1) is 0 Å². The van der Waals surface area contributed by atoms with E-state index in [1.807, 2.05) is 0 Å². The topological polar surface area (TPSA) is 89.9 Å². The molecule has 1 rings (SSSR count). The van der Waals surface area contributed by atoms with Gasteiger partial charge in [-0.15, -0.1) is 0 Å². The van der Waals surface area contributed by atoms with E-state index >= 15 is 0 Å². The lowest BCUT2D eigenvalue weighted by Gasteiger charge is -2.14. The predicted molar refractivity (Wildman–Crippen MR) is 68.8 cm³/mol. The zero-order valence-electron chi connectivity index (χ0n) is 11.0. The van der Waals surface area contributed by atoms with Crippen LogP contribution < -0.4 is 0 Å².